The molecule has 182 valence electrons. The smallest absolute Gasteiger partial charge is 0.318 e. The Bertz CT molecular complexity index is 1420. The minimum absolute atomic E-state index is 0.171. The number of para-hydroxylation sites is 1. The Morgan fingerprint density at radius 1 is 0.944 bits per heavy atom. The molecule has 0 atom stereocenters. The van der Waals surface area contributed by atoms with Crippen molar-refractivity contribution < 1.29 is 24.1 Å². The van der Waals surface area contributed by atoms with Crippen LogP contribution in [0.3, 0.4) is 0 Å². The maximum absolute atomic E-state index is 13.0. The molecule has 0 N–H and O–H groups in total. The number of nitrogens with zero attached hydrogens (tertiary/aromatic N) is 4. The molecule has 1 aliphatic rings. The van der Waals surface area contributed by atoms with Gasteiger partial charge in [-0.15, -0.1) is 0 Å². The summed E-state index contributed by atoms with van der Waals surface area (Å²) in [6.45, 7) is 3.78. The lowest BCUT2D eigenvalue weighted by atomic mass is 10.1. The molecular formula is C25H20N4O7. The van der Waals surface area contributed by atoms with E-state index in [4.69, 9.17) is 9.47 Å². The second kappa shape index (κ2) is 10.1. The summed E-state index contributed by atoms with van der Waals surface area (Å²) in [5, 5.41) is 28.1. The van der Waals surface area contributed by atoms with E-state index in [1.807, 2.05) is 18.2 Å². The predicted octanol–water partition coefficient (Wildman–Crippen LogP) is 5.50. The number of ether oxygens (including phenoxy) is 2. The Balaban J connectivity index is 1.65. The van der Waals surface area contributed by atoms with E-state index in [2.05, 4.69) is 5.10 Å². The van der Waals surface area contributed by atoms with Crippen LogP contribution >= 0.6 is 0 Å². The third-order valence-corrected chi connectivity index (χ3v) is 5.21. The molecule has 36 heavy (non-hydrogen) atoms. The van der Waals surface area contributed by atoms with Gasteiger partial charge in [-0.2, -0.15) is 10.1 Å². The Kier molecular flexibility index (Phi) is 6.72. The van der Waals surface area contributed by atoms with Crippen molar-refractivity contribution in [3.8, 4) is 17.2 Å². The maximum atomic E-state index is 13.0. The fourth-order valence-corrected chi connectivity index (χ4v) is 3.53. The lowest BCUT2D eigenvalue weighted by Gasteiger charge is -2.13. The van der Waals surface area contributed by atoms with Gasteiger partial charge >= 0.3 is 5.69 Å². The third kappa shape index (κ3) is 4.89. The number of hydrogen-bond donors (Lipinski definition) is 0. The normalized spacial score (nSPS) is 14.1. The van der Waals surface area contributed by atoms with Gasteiger partial charge in [0, 0.05) is 6.07 Å². The van der Waals surface area contributed by atoms with Crippen molar-refractivity contribution in [1.29, 1.82) is 0 Å². The quantitative estimate of drug-likeness (QED) is 0.232. The average Bonchev–Trinajstić information content (AvgIpc) is 3.14. The van der Waals surface area contributed by atoms with E-state index < -0.39 is 21.2 Å². The molecule has 0 aliphatic carbocycles. The molecule has 3 aromatic rings. The van der Waals surface area contributed by atoms with Crippen LogP contribution in [-0.2, 0) is 4.79 Å². The van der Waals surface area contributed by atoms with Crippen LogP contribution in [-0.4, -0.2) is 28.1 Å². The molecule has 0 fully saturated rings. The van der Waals surface area contributed by atoms with Crippen LogP contribution in [0.4, 0.5) is 17.1 Å². The molecule has 1 amide bonds. The van der Waals surface area contributed by atoms with Crippen molar-refractivity contribution in [2.75, 3.05) is 11.6 Å². The summed E-state index contributed by atoms with van der Waals surface area (Å²) in [7, 11) is 0. The summed E-state index contributed by atoms with van der Waals surface area (Å²) in [6, 6.07) is 17.0. The summed E-state index contributed by atoms with van der Waals surface area (Å²) < 4.78 is 11.4. The first-order valence-corrected chi connectivity index (χ1v) is 10.8. The molecule has 0 spiro atoms. The highest BCUT2D eigenvalue weighted by Gasteiger charge is 2.29. The van der Waals surface area contributed by atoms with E-state index in [1.54, 1.807) is 50.3 Å². The van der Waals surface area contributed by atoms with Gasteiger partial charge in [-0.3, -0.25) is 25.0 Å². The number of hydrogen-bond acceptors (Lipinski definition) is 8. The minimum Gasteiger partial charge on any atom is -0.490 e. The fraction of sp³-hybridized carbons (Fsp3) is 0.120. The maximum Gasteiger partial charge on any atom is 0.318 e. The largest absolute Gasteiger partial charge is 0.490 e. The van der Waals surface area contributed by atoms with Gasteiger partial charge in [-0.05, 0) is 55.8 Å². The first kappa shape index (κ1) is 24.1. The van der Waals surface area contributed by atoms with Gasteiger partial charge in [0.1, 0.15) is 0 Å². The zero-order valence-corrected chi connectivity index (χ0v) is 19.3. The molecule has 4 rings (SSSR count). The van der Waals surface area contributed by atoms with E-state index in [0.29, 0.717) is 22.5 Å². The molecule has 1 aliphatic heterocycles. The number of hydrazone groups is 1. The molecule has 0 saturated carbocycles. The van der Waals surface area contributed by atoms with Gasteiger partial charge in [-0.1, -0.05) is 24.3 Å². The Morgan fingerprint density at radius 2 is 1.67 bits per heavy atom. The molecular weight excluding hydrogens is 468 g/mol. The third-order valence-electron chi connectivity index (χ3n) is 5.21. The number of benzene rings is 3. The summed E-state index contributed by atoms with van der Waals surface area (Å²) >= 11 is 0. The average molecular weight is 488 g/mol. The van der Waals surface area contributed by atoms with Crippen LogP contribution in [0.25, 0.3) is 6.08 Å². The van der Waals surface area contributed by atoms with Gasteiger partial charge in [0.05, 0.1) is 39.5 Å². The molecule has 0 aromatic heterocycles. The topological polar surface area (TPSA) is 137 Å². The molecule has 0 unspecified atom stereocenters. The number of anilines is 1. The molecule has 11 nitrogen and oxygen atoms in total. The van der Waals surface area contributed by atoms with Crippen molar-refractivity contribution in [3.63, 3.8) is 0 Å². The molecule has 0 bridgehead atoms. The van der Waals surface area contributed by atoms with Gasteiger partial charge in [0.2, 0.25) is 5.75 Å². The summed E-state index contributed by atoms with van der Waals surface area (Å²) in [4.78, 5) is 34.0. The number of nitro benzene ring substituents is 2. The van der Waals surface area contributed by atoms with Crippen molar-refractivity contribution in [2.24, 2.45) is 5.10 Å². The number of nitro groups is 2. The zero-order chi connectivity index (χ0) is 25.8. The Hall–Kier alpha value is -5.06. The second-order valence-electron chi connectivity index (χ2n) is 7.60. The second-order valence-corrected chi connectivity index (χ2v) is 7.60. The number of non-ortho nitro benzene ring substituents is 1. The van der Waals surface area contributed by atoms with E-state index in [1.165, 1.54) is 5.01 Å². The van der Waals surface area contributed by atoms with Crippen LogP contribution in [0.15, 0.2) is 77.4 Å². The van der Waals surface area contributed by atoms with Crippen LogP contribution < -0.4 is 14.5 Å². The lowest BCUT2D eigenvalue weighted by molar-refractivity contribution is -0.394. The number of carbonyl (C=O) groups excluding carboxylic acids is 1. The van der Waals surface area contributed by atoms with Crippen molar-refractivity contribution in [3.05, 3.63) is 98.1 Å². The van der Waals surface area contributed by atoms with Gasteiger partial charge in [-0.25, -0.2) is 0 Å². The highest BCUT2D eigenvalue weighted by Crippen LogP contribution is 2.39. The van der Waals surface area contributed by atoms with Crippen LogP contribution in [0.5, 0.6) is 17.2 Å². The van der Waals surface area contributed by atoms with E-state index in [-0.39, 0.29) is 29.8 Å². The summed E-state index contributed by atoms with van der Waals surface area (Å²) in [5.41, 5.74) is 1.24. The minimum atomic E-state index is -0.756. The summed E-state index contributed by atoms with van der Waals surface area (Å²) in [5.74, 6) is -0.00643. The fourth-order valence-electron chi connectivity index (χ4n) is 3.53. The molecule has 0 saturated heterocycles. The van der Waals surface area contributed by atoms with E-state index in [9.17, 15) is 25.0 Å². The Labute approximate surface area is 205 Å². The first-order valence-electron chi connectivity index (χ1n) is 10.8. The van der Waals surface area contributed by atoms with Gasteiger partial charge in [0.15, 0.2) is 11.5 Å². The highest BCUT2D eigenvalue weighted by molar-refractivity contribution is 6.32. The van der Waals surface area contributed by atoms with Crippen molar-refractivity contribution in [2.45, 2.75) is 13.8 Å². The number of carbonyl (C=O) groups is 1. The number of amides is 1. The van der Waals surface area contributed by atoms with Gasteiger partial charge in [0.25, 0.3) is 11.6 Å². The monoisotopic (exact) mass is 488 g/mol. The van der Waals surface area contributed by atoms with Crippen molar-refractivity contribution in [1.82, 2.24) is 0 Å². The molecule has 0 radical (unpaired) electrons. The van der Waals surface area contributed by atoms with Crippen molar-refractivity contribution >= 4 is 34.8 Å². The van der Waals surface area contributed by atoms with Gasteiger partial charge < -0.3 is 9.47 Å². The Morgan fingerprint density at radius 3 is 2.33 bits per heavy atom. The van der Waals surface area contributed by atoms with E-state index >= 15 is 0 Å². The zero-order valence-electron chi connectivity index (χ0n) is 19.3. The summed E-state index contributed by atoms with van der Waals surface area (Å²) in [6.07, 6.45) is 1.67. The lowest BCUT2D eigenvalue weighted by Crippen LogP contribution is -2.21. The predicted molar refractivity (Wildman–Crippen MR) is 132 cm³/mol. The first-order chi connectivity index (χ1) is 17.3. The van der Waals surface area contributed by atoms with E-state index in [0.717, 1.165) is 18.2 Å². The van der Waals surface area contributed by atoms with Crippen LogP contribution in [0, 0.1) is 20.2 Å². The highest BCUT2D eigenvalue weighted by atomic mass is 16.6. The molecule has 3 aromatic carbocycles. The number of rotatable bonds is 8. The molecule has 11 heteroatoms. The SMILES string of the molecule is CCOc1cc(C=C2C(=O)N(c3ccccc3)N=C2C)ccc1Oc1ccc([N+](=O)[O-])cc1[N+](=O)[O-]. The standard InChI is InChI=1S/C25H20N4O7/c1-3-35-24-14-17(13-20-16(2)26-27(25(20)30)18-7-5-4-6-8-18)9-11-23(24)36-22-12-10-19(28(31)32)15-21(22)29(33)34/h4-15H,3H2,1-2H3. The van der Waals surface area contributed by atoms with Crippen LogP contribution in [0.2, 0.25) is 0 Å². The van der Waals surface area contributed by atoms with Crippen LogP contribution in [0.1, 0.15) is 19.4 Å². The molecule has 1 heterocycles.